The van der Waals surface area contributed by atoms with E-state index in [4.69, 9.17) is 5.73 Å². The molecular formula is C14H10Br2FN3. The molecule has 2 aromatic carbocycles. The zero-order valence-corrected chi connectivity index (χ0v) is 13.7. The van der Waals surface area contributed by atoms with E-state index < -0.39 is 0 Å². The van der Waals surface area contributed by atoms with Crippen LogP contribution in [0, 0.1) is 12.7 Å². The summed E-state index contributed by atoms with van der Waals surface area (Å²) in [7, 11) is 0. The van der Waals surface area contributed by atoms with E-state index in [1.165, 1.54) is 6.07 Å². The first kappa shape index (κ1) is 13.6. The average Bonchev–Trinajstić information content (AvgIpc) is 2.66. The number of anilines is 1. The van der Waals surface area contributed by atoms with E-state index >= 15 is 0 Å². The minimum atomic E-state index is -0.281. The molecule has 0 saturated heterocycles. The molecule has 3 rings (SSSR count). The Morgan fingerprint density at radius 3 is 2.65 bits per heavy atom. The molecule has 0 atom stereocenters. The number of aromatic nitrogens is 2. The minimum Gasteiger partial charge on any atom is -0.369 e. The van der Waals surface area contributed by atoms with E-state index in [1.807, 2.05) is 18.2 Å². The summed E-state index contributed by atoms with van der Waals surface area (Å²) in [4.78, 5) is 4.22. The highest BCUT2D eigenvalue weighted by molar-refractivity contribution is 9.11. The average molecular weight is 399 g/mol. The molecule has 0 aliphatic rings. The molecule has 20 heavy (non-hydrogen) atoms. The van der Waals surface area contributed by atoms with Gasteiger partial charge in [-0.25, -0.2) is 9.37 Å². The van der Waals surface area contributed by atoms with Crippen molar-refractivity contribution in [2.75, 3.05) is 5.73 Å². The van der Waals surface area contributed by atoms with Crippen LogP contribution in [0.3, 0.4) is 0 Å². The number of imidazole rings is 1. The molecule has 0 aliphatic heterocycles. The number of nitrogens with two attached hydrogens (primary N) is 1. The van der Waals surface area contributed by atoms with E-state index in [9.17, 15) is 4.39 Å². The number of benzene rings is 2. The summed E-state index contributed by atoms with van der Waals surface area (Å²) in [5.41, 5.74) is 8.74. The summed E-state index contributed by atoms with van der Waals surface area (Å²) >= 11 is 6.93. The molecule has 1 aromatic heterocycles. The van der Waals surface area contributed by atoms with Crippen LogP contribution in [-0.2, 0) is 0 Å². The second-order valence-corrected chi connectivity index (χ2v) is 6.26. The van der Waals surface area contributed by atoms with E-state index in [0.29, 0.717) is 17.0 Å². The molecule has 1 heterocycles. The van der Waals surface area contributed by atoms with Crippen LogP contribution in [0.5, 0.6) is 0 Å². The van der Waals surface area contributed by atoms with Crippen molar-refractivity contribution in [3.8, 4) is 5.69 Å². The van der Waals surface area contributed by atoms with Crippen LogP contribution in [0.25, 0.3) is 16.7 Å². The summed E-state index contributed by atoms with van der Waals surface area (Å²) in [6.45, 7) is 1.72. The number of aryl methyl sites for hydroxylation is 1. The second-order valence-electron chi connectivity index (χ2n) is 4.49. The number of hydrogen-bond acceptors (Lipinski definition) is 2. The Bertz CT molecular complexity index is 827. The minimum absolute atomic E-state index is 0.281. The van der Waals surface area contributed by atoms with Crippen LogP contribution >= 0.6 is 31.9 Å². The lowest BCUT2D eigenvalue weighted by atomic mass is 10.2. The van der Waals surface area contributed by atoms with Crippen molar-refractivity contribution in [3.05, 3.63) is 50.7 Å². The Morgan fingerprint density at radius 2 is 1.95 bits per heavy atom. The third kappa shape index (κ3) is 2.13. The quantitative estimate of drug-likeness (QED) is 0.651. The summed E-state index contributed by atoms with van der Waals surface area (Å²) in [5.74, 6) is 0.0463. The summed E-state index contributed by atoms with van der Waals surface area (Å²) in [6, 6.07) is 8.93. The smallest absolute Gasteiger partial charge is 0.205 e. The fraction of sp³-hybridized carbons (Fsp3) is 0.0714. The molecule has 0 unspecified atom stereocenters. The standard InChI is InChI=1S/C14H10Br2FN3/c1-7-4-13-11(6-10(7)17)19-14(18)20(13)12-3-2-8(15)5-9(12)16/h2-6H,1H3,(H2,18,19). The highest BCUT2D eigenvalue weighted by Crippen LogP contribution is 2.31. The third-order valence-electron chi connectivity index (χ3n) is 3.11. The first-order chi connectivity index (χ1) is 9.47. The predicted molar refractivity (Wildman–Crippen MR) is 85.6 cm³/mol. The summed E-state index contributed by atoms with van der Waals surface area (Å²) < 4.78 is 17.3. The number of nitrogen functional groups attached to an aromatic ring is 1. The lowest BCUT2D eigenvalue weighted by Crippen LogP contribution is -2.01. The van der Waals surface area contributed by atoms with Gasteiger partial charge in [-0.15, -0.1) is 0 Å². The molecule has 0 saturated carbocycles. The topological polar surface area (TPSA) is 43.8 Å². The predicted octanol–water partition coefficient (Wildman–Crippen LogP) is 4.58. The molecule has 0 radical (unpaired) electrons. The normalized spacial score (nSPS) is 11.2. The first-order valence-electron chi connectivity index (χ1n) is 5.87. The Hall–Kier alpha value is -1.40. The van der Waals surface area contributed by atoms with Crippen molar-refractivity contribution in [2.24, 2.45) is 0 Å². The number of nitrogens with zero attached hydrogens (tertiary/aromatic N) is 2. The second kappa shape index (κ2) is 4.86. The van der Waals surface area contributed by atoms with E-state index in [1.54, 1.807) is 17.6 Å². The van der Waals surface area contributed by atoms with Crippen molar-refractivity contribution >= 4 is 48.8 Å². The third-order valence-corrected chi connectivity index (χ3v) is 4.24. The molecule has 0 bridgehead atoms. The van der Waals surface area contributed by atoms with Crippen molar-refractivity contribution in [3.63, 3.8) is 0 Å². The monoisotopic (exact) mass is 397 g/mol. The Balaban J connectivity index is 2.35. The number of hydrogen-bond donors (Lipinski definition) is 1. The van der Waals surface area contributed by atoms with Gasteiger partial charge in [-0.05, 0) is 52.7 Å². The number of fused-ring (bicyclic) bond motifs is 1. The highest BCUT2D eigenvalue weighted by atomic mass is 79.9. The van der Waals surface area contributed by atoms with Gasteiger partial charge in [-0.2, -0.15) is 0 Å². The molecule has 0 aliphatic carbocycles. The van der Waals surface area contributed by atoms with Crippen LogP contribution in [0.4, 0.5) is 10.3 Å². The van der Waals surface area contributed by atoms with Crippen LogP contribution in [0.2, 0.25) is 0 Å². The van der Waals surface area contributed by atoms with Crippen LogP contribution < -0.4 is 5.73 Å². The fourth-order valence-corrected chi connectivity index (χ4v) is 3.36. The van der Waals surface area contributed by atoms with Gasteiger partial charge < -0.3 is 5.73 Å². The lowest BCUT2D eigenvalue weighted by Gasteiger charge is -2.09. The van der Waals surface area contributed by atoms with Crippen molar-refractivity contribution in [2.45, 2.75) is 6.92 Å². The molecular weight excluding hydrogens is 389 g/mol. The van der Waals surface area contributed by atoms with E-state index in [2.05, 4.69) is 36.8 Å². The number of rotatable bonds is 1. The lowest BCUT2D eigenvalue weighted by molar-refractivity contribution is 0.620. The van der Waals surface area contributed by atoms with Crippen molar-refractivity contribution < 1.29 is 4.39 Å². The Morgan fingerprint density at radius 1 is 1.20 bits per heavy atom. The SMILES string of the molecule is Cc1cc2c(cc1F)nc(N)n2-c1ccc(Br)cc1Br. The highest BCUT2D eigenvalue weighted by Gasteiger charge is 2.14. The van der Waals surface area contributed by atoms with Gasteiger partial charge in [0.05, 0.1) is 16.7 Å². The summed E-state index contributed by atoms with van der Waals surface area (Å²) in [6.07, 6.45) is 0. The van der Waals surface area contributed by atoms with E-state index in [-0.39, 0.29) is 5.82 Å². The first-order valence-corrected chi connectivity index (χ1v) is 7.45. The maximum atomic E-state index is 13.6. The van der Waals surface area contributed by atoms with Crippen molar-refractivity contribution in [1.82, 2.24) is 9.55 Å². The van der Waals surface area contributed by atoms with Gasteiger partial charge >= 0.3 is 0 Å². The fourth-order valence-electron chi connectivity index (χ4n) is 2.14. The van der Waals surface area contributed by atoms with Crippen LogP contribution in [0.15, 0.2) is 39.3 Å². The van der Waals surface area contributed by atoms with Gasteiger partial charge in [0.1, 0.15) is 5.82 Å². The number of halogens is 3. The van der Waals surface area contributed by atoms with Gasteiger partial charge in [-0.3, -0.25) is 4.57 Å². The Kier molecular flexibility index (Phi) is 3.30. The Labute approximate surface area is 131 Å². The maximum absolute atomic E-state index is 13.6. The zero-order valence-electron chi connectivity index (χ0n) is 10.5. The van der Waals surface area contributed by atoms with Gasteiger partial charge in [-0.1, -0.05) is 15.9 Å². The van der Waals surface area contributed by atoms with Crippen molar-refractivity contribution in [1.29, 1.82) is 0 Å². The maximum Gasteiger partial charge on any atom is 0.205 e. The molecule has 102 valence electrons. The van der Waals surface area contributed by atoms with Gasteiger partial charge in [0, 0.05) is 15.0 Å². The molecule has 0 amide bonds. The molecule has 3 aromatic rings. The van der Waals surface area contributed by atoms with Gasteiger partial charge in [0.25, 0.3) is 0 Å². The molecule has 2 N–H and O–H groups in total. The van der Waals surface area contributed by atoms with Crippen LogP contribution in [-0.4, -0.2) is 9.55 Å². The zero-order chi connectivity index (χ0) is 14.4. The summed E-state index contributed by atoms with van der Waals surface area (Å²) in [5, 5.41) is 0. The molecule has 3 nitrogen and oxygen atoms in total. The van der Waals surface area contributed by atoms with Crippen LogP contribution in [0.1, 0.15) is 5.56 Å². The van der Waals surface area contributed by atoms with E-state index in [0.717, 1.165) is 20.1 Å². The molecule has 6 heteroatoms. The van der Waals surface area contributed by atoms with Gasteiger partial charge in [0.15, 0.2) is 0 Å². The molecule has 0 fully saturated rings. The van der Waals surface area contributed by atoms with Gasteiger partial charge in [0.2, 0.25) is 5.95 Å². The largest absolute Gasteiger partial charge is 0.369 e. The molecule has 0 spiro atoms.